The van der Waals surface area contributed by atoms with E-state index in [-0.39, 0.29) is 10.9 Å². The molecular weight excluding hydrogens is 251 g/mol. The van der Waals surface area contributed by atoms with Crippen molar-refractivity contribution in [2.75, 3.05) is 18.4 Å². The van der Waals surface area contributed by atoms with Crippen LogP contribution in [-0.4, -0.2) is 29.3 Å². The van der Waals surface area contributed by atoms with Crippen LogP contribution < -0.4 is 0 Å². The molecule has 0 aromatic heterocycles. The number of halogens is 3. The minimum absolute atomic E-state index is 0.0362. The van der Waals surface area contributed by atoms with Crippen LogP contribution in [0.1, 0.15) is 13.3 Å². The summed E-state index contributed by atoms with van der Waals surface area (Å²) in [6.45, 7) is 2.81. The number of alkyl halides is 3. The summed E-state index contributed by atoms with van der Waals surface area (Å²) in [5.74, 6) is 1.02. The molecular formula is C7H13BrCl2O. The first kappa shape index (κ1) is 12.0. The Kier molecular flexibility index (Phi) is 8.37. The average molecular weight is 264 g/mol. The summed E-state index contributed by atoms with van der Waals surface area (Å²) in [6, 6.07) is 0. The van der Waals surface area contributed by atoms with Crippen molar-refractivity contribution in [3.63, 3.8) is 0 Å². The van der Waals surface area contributed by atoms with Gasteiger partial charge in [-0.1, -0.05) is 22.9 Å². The van der Waals surface area contributed by atoms with Crippen molar-refractivity contribution in [1.29, 1.82) is 0 Å². The standard InChI is InChI=1S/C7H13BrCl2O/c1-2-3-11-7(5-10)6(8)4-9/h6-7H,2-5H2,1H3. The third-order valence-electron chi connectivity index (χ3n) is 1.24. The summed E-state index contributed by atoms with van der Waals surface area (Å²) in [6.07, 6.45) is 1.05. The first-order valence-corrected chi connectivity index (χ1v) is 5.62. The number of hydrogen-bond donors (Lipinski definition) is 0. The second-order valence-corrected chi connectivity index (χ2v) is 4.03. The predicted octanol–water partition coefficient (Wildman–Crippen LogP) is 3.02. The molecule has 68 valence electrons. The molecule has 1 nitrogen and oxygen atoms in total. The second-order valence-electron chi connectivity index (χ2n) is 2.23. The molecule has 0 bridgehead atoms. The molecule has 0 aromatic carbocycles. The van der Waals surface area contributed by atoms with E-state index in [1.165, 1.54) is 0 Å². The van der Waals surface area contributed by atoms with E-state index >= 15 is 0 Å². The van der Waals surface area contributed by atoms with Crippen LogP contribution in [0.25, 0.3) is 0 Å². The monoisotopic (exact) mass is 262 g/mol. The van der Waals surface area contributed by atoms with E-state index in [2.05, 4.69) is 22.9 Å². The molecule has 0 spiro atoms. The smallest absolute Gasteiger partial charge is 0.0846 e. The van der Waals surface area contributed by atoms with Crippen LogP contribution in [0.5, 0.6) is 0 Å². The number of rotatable bonds is 6. The van der Waals surface area contributed by atoms with Gasteiger partial charge < -0.3 is 4.74 Å². The second kappa shape index (κ2) is 7.66. The molecule has 4 heteroatoms. The van der Waals surface area contributed by atoms with Crippen molar-refractivity contribution in [2.24, 2.45) is 0 Å². The van der Waals surface area contributed by atoms with Crippen molar-refractivity contribution in [2.45, 2.75) is 24.3 Å². The van der Waals surface area contributed by atoms with Gasteiger partial charge in [-0.05, 0) is 6.42 Å². The van der Waals surface area contributed by atoms with Gasteiger partial charge in [0.05, 0.1) is 10.9 Å². The molecule has 0 N–H and O–H groups in total. The summed E-state index contributed by atoms with van der Waals surface area (Å²) in [5.41, 5.74) is 0. The van der Waals surface area contributed by atoms with E-state index in [9.17, 15) is 0 Å². The van der Waals surface area contributed by atoms with Crippen molar-refractivity contribution in [3.8, 4) is 0 Å². The molecule has 0 radical (unpaired) electrons. The summed E-state index contributed by atoms with van der Waals surface area (Å²) in [7, 11) is 0. The number of ether oxygens (including phenoxy) is 1. The van der Waals surface area contributed by atoms with Gasteiger partial charge in [-0.25, -0.2) is 0 Å². The highest BCUT2D eigenvalue weighted by Crippen LogP contribution is 2.13. The van der Waals surface area contributed by atoms with Crippen LogP contribution in [0.2, 0.25) is 0 Å². The lowest BCUT2D eigenvalue weighted by Gasteiger charge is -2.18. The lowest BCUT2D eigenvalue weighted by atomic mass is 10.3. The fourth-order valence-corrected chi connectivity index (χ4v) is 1.67. The highest BCUT2D eigenvalue weighted by Gasteiger charge is 2.16. The molecule has 0 aliphatic heterocycles. The summed E-state index contributed by atoms with van der Waals surface area (Å²) in [5, 5.41) is 0. The summed E-state index contributed by atoms with van der Waals surface area (Å²) < 4.78 is 5.43. The molecule has 0 saturated heterocycles. The van der Waals surface area contributed by atoms with Gasteiger partial charge in [0.25, 0.3) is 0 Å². The molecule has 2 unspecified atom stereocenters. The van der Waals surface area contributed by atoms with Gasteiger partial charge in [0.2, 0.25) is 0 Å². The van der Waals surface area contributed by atoms with Crippen molar-refractivity contribution >= 4 is 39.1 Å². The van der Waals surface area contributed by atoms with Crippen molar-refractivity contribution in [3.05, 3.63) is 0 Å². The van der Waals surface area contributed by atoms with E-state index in [4.69, 9.17) is 27.9 Å². The first-order valence-electron chi connectivity index (χ1n) is 3.63. The van der Waals surface area contributed by atoms with E-state index < -0.39 is 0 Å². The predicted molar refractivity (Wildman–Crippen MR) is 54.2 cm³/mol. The molecule has 0 aliphatic carbocycles. The zero-order chi connectivity index (χ0) is 8.69. The molecule has 0 aromatic rings. The van der Waals surface area contributed by atoms with Gasteiger partial charge in [0.1, 0.15) is 0 Å². The van der Waals surface area contributed by atoms with Crippen LogP contribution in [0.3, 0.4) is 0 Å². The summed E-state index contributed by atoms with van der Waals surface area (Å²) in [4.78, 5) is 0.160. The van der Waals surface area contributed by atoms with Gasteiger partial charge in [-0.3, -0.25) is 0 Å². The highest BCUT2D eigenvalue weighted by molar-refractivity contribution is 9.09. The largest absolute Gasteiger partial charge is 0.376 e. The third kappa shape index (κ3) is 5.29. The molecule has 0 heterocycles. The maximum Gasteiger partial charge on any atom is 0.0846 e. The number of hydrogen-bond acceptors (Lipinski definition) is 1. The maximum absolute atomic E-state index is 5.66. The van der Waals surface area contributed by atoms with E-state index in [0.717, 1.165) is 13.0 Å². The van der Waals surface area contributed by atoms with Crippen molar-refractivity contribution in [1.82, 2.24) is 0 Å². The van der Waals surface area contributed by atoms with E-state index in [1.54, 1.807) is 0 Å². The SMILES string of the molecule is CCCOC(CCl)C(Br)CCl. The van der Waals surface area contributed by atoms with Gasteiger partial charge in [-0.2, -0.15) is 0 Å². The molecule has 0 aliphatic rings. The fraction of sp³-hybridized carbons (Fsp3) is 1.00. The van der Waals surface area contributed by atoms with Gasteiger partial charge >= 0.3 is 0 Å². The zero-order valence-corrected chi connectivity index (χ0v) is 9.62. The minimum atomic E-state index is 0.0362. The van der Waals surface area contributed by atoms with Crippen LogP contribution in [-0.2, 0) is 4.74 Å². The Balaban J connectivity index is 3.56. The maximum atomic E-state index is 5.66. The van der Waals surface area contributed by atoms with Gasteiger partial charge in [-0.15, -0.1) is 23.2 Å². The Morgan fingerprint density at radius 3 is 2.36 bits per heavy atom. The van der Waals surface area contributed by atoms with Crippen LogP contribution >= 0.6 is 39.1 Å². The normalized spacial score (nSPS) is 16.4. The van der Waals surface area contributed by atoms with Crippen LogP contribution in [0, 0.1) is 0 Å². The fourth-order valence-electron chi connectivity index (χ4n) is 0.614. The first-order chi connectivity index (χ1) is 5.26. The molecule has 0 amide bonds. The third-order valence-corrected chi connectivity index (χ3v) is 3.16. The molecule has 0 saturated carbocycles. The topological polar surface area (TPSA) is 9.23 Å². The Morgan fingerprint density at radius 2 is 2.00 bits per heavy atom. The molecule has 11 heavy (non-hydrogen) atoms. The minimum Gasteiger partial charge on any atom is -0.376 e. The quantitative estimate of drug-likeness (QED) is 0.670. The molecule has 0 fully saturated rings. The Labute approximate surface area is 86.5 Å². The zero-order valence-electron chi connectivity index (χ0n) is 6.53. The Morgan fingerprint density at radius 1 is 1.36 bits per heavy atom. The van der Waals surface area contributed by atoms with Crippen LogP contribution in [0.15, 0.2) is 0 Å². The molecule has 2 atom stereocenters. The summed E-state index contributed by atoms with van der Waals surface area (Å²) >= 11 is 14.7. The molecule has 0 rings (SSSR count). The van der Waals surface area contributed by atoms with E-state index in [0.29, 0.717) is 11.8 Å². The van der Waals surface area contributed by atoms with E-state index in [1.807, 2.05) is 0 Å². The van der Waals surface area contributed by atoms with Crippen molar-refractivity contribution < 1.29 is 4.74 Å². The Bertz CT molecular complexity index is 92.5. The Hall–Kier alpha value is 1.02. The average Bonchev–Trinajstić information content (AvgIpc) is 2.05. The van der Waals surface area contributed by atoms with Gasteiger partial charge in [0, 0.05) is 18.4 Å². The highest BCUT2D eigenvalue weighted by atomic mass is 79.9. The lowest BCUT2D eigenvalue weighted by molar-refractivity contribution is 0.0718. The van der Waals surface area contributed by atoms with Crippen LogP contribution in [0.4, 0.5) is 0 Å². The van der Waals surface area contributed by atoms with Gasteiger partial charge in [0.15, 0.2) is 0 Å². The lowest BCUT2D eigenvalue weighted by Crippen LogP contribution is -2.27.